The highest BCUT2D eigenvalue weighted by Gasteiger charge is 2.34. The van der Waals surface area contributed by atoms with Crippen molar-refractivity contribution in [1.29, 1.82) is 0 Å². The van der Waals surface area contributed by atoms with Gasteiger partial charge in [-0.2, -0.15) is 0 Å². The van der Waals surface area contributed by atoms with Crippen LogP contribution in [0.5, 0.6) is 0 Å². The molecule has 4 rings (SSSR count). The van der Waals surface area contributed by atoms with Gasteiger partial charge in [0.2, 0.25) is 5.43 Å². The lowest BCUT2D eigenvalue weighted by Crippen LogP contribution is -2.41. The molecule has 0 spiro atoms. The molecular weight excluding hydrogens is 418 g/mol. The molecule has 1 aliphatic rings. The molecule has 3 aromatic rings. The van der Waals surface area contributed by atoms with E-state index in [1.54, 1.807) is 6.92 Å². The van der Waals surface area contributed by atoms with Crippen molar-refractivity contribution in [2.24, 2.45) is 0 Å². The van der Waals surface area contributed by atoms with E-state index in [9.17, 15) is 13.6 Å². The minimum atomic E-state index is -2.58. The Kier molecular flexibility index (Phi) is 6.00. The molecule has 1 fully saturated rings. The summed E-state index contributed by atoms with van der Waals surface area (Å²) in [6.07, 6.45) is 0.518. The van der Waals surface area contributed by atoms with E-state index in [2.05, 4.69) is 4.98 Å². The molecule has 0 amide bonds. The number of nitrogens with one attached hydrogen (secondary N) is 1. The summed E-state index contributed by atoms with van der Waals surface area (Å²) in [6, 6.07) is 15.8. The number of aromatic amines is 1. The first-order valence-electron chi connectivity index (χ1n) is 10.4. The van der Waals surface area contributed by atoms with Crippen molar-refractivity contribution in [3.8, 4) is 22.3 Å². The van der Waals surface area contributed by atoms with E-state index in [-0.39, 0.29) is 23.4 Å². The number of halogens is 3. The molecular formula is C25H25ClF2N2O. The van der Waals surface area contributed by atoms with Gasteiger partial charge in [0.1, 0.15) is 5.02 Å². The molecule has 0 atom stereocenters. The number of benzene rings is 2. The summed E-state index contributed by atoms with van der Waals surface area (Å²) in [5.74, 6) is -2.58. The van der Waals surface area contributed by atoms with Crippen molar-refractivity contribution < 1.29 is 8.78 Å². The molecule has 1 saturated heterocycles. The molecule has 31 heavy (non-hydrogen) atoms. The van der Waals surface area contributed by atoms with Gasteiger partial charge in [-0.15, -0.1) is 0 Å². The van der Waals surface area contributed by atoms with Gasteiger partial charge in [0.05, 0.1) is 6.54 Å². The number of pyridine rings is 1. The van der Waals surface area contributed by atoms with Gasteiger partial charge < -0.3 is 4.98 Å². The molecule has 0 aliphatic carbocycles. The summed E-state index contributed by atoms with van der Waals surface area (Å²) in [4.78, 5) is 17.6. The monoisotopic (exact) mass is 442 g/mol. The quantitative estimate of drug-likeness (QED) is 0.521. The zero-order chi connectivity index (χ0) is 22.2. The molecule has 3 nitrogen and oxygen atoms in total. The number of aromatic nitrogens is 1. The third-order valence-electron chi connectivity index (χ3n) is 5.84. The number of hydrogen-bond acceptors (Lipinski definition) is 2. The van der Waals surface area contributed by atoms with E-state index < -0.39 is 5.92 Å². The smallest absolute Gasteiger partial charge is 0.260 e. The fraction of sp³-hybridized carbons (Fsp3) is 0.320. The van der Waals surface area contributed by atoms with Crippen LogP contribution in [0.4, 0.5) is 8.78 Å². The second-order valence-corrected chi connectivity index (χ2v) is 8.72. The fourth-order valence-corrected chi connectivity index (χ4v) is 4.41. The van der Waals surface area contributed by atoms with Crippen LogP contribution < -0.4 is 5.43 Å². The number of alkyl halides is 2. The van der Waals surface area contributed by atoms with Crippen LogP contribution in [-0.4, -0.2) is 28.9 Å². The van der Waals surface area contributed by atoms with Crippen LogP contribution >= 0.6 is 11.6 Å². The van der Waals surface area contributed by atoms with Crippen LogP contribution in [0, 0.1) is 13.8 Å². The summed E-state index contributed by atoms with van der Waals surface area (Å²) in [5, 5.41) is 0.215. The Balaban J connectivity index is 1.51. The standard InChI is InChI=1S/C25H25ClF2N2O/c1-16-22(24(31)23(26)17(2)29-16)21-10-8-20(9-11-21)19-6-4-18(5-7-19)14-30-13-3-12-25(27,28)15-30/h4-11H,3,12-15H2,1-2H3,(H,29,31). The van der Waals surface area contributed by atoms with Gasteiger partial charge >= 0.3 is 0 Å². The number of H-pyrrole nitrogens is 1. The zero-order valence-corrected chi connectivity index (χ0v) is 18.4. The Labute approximate surface area is 185 Å². The topological polar surface area (TPSA) is 36.1 Å². The first-order valence-corrected chi connectivity index (χ1v) is 10.8. The molecule has 0 saturated carbocycles. The molecule has 0 bridgehead atoms. The van der Waals surface area contributed by atoms with Crippen molar-refractivity contribution in [3.63, 3.8) is 0 Å². The summed E-state index contributed by atoms with van der Waals surface area (Å²) in [5.41, 5.74) is 5.75. The van der Waals surface area contributed by atoms with Crippen LogP contribution in [0.25, 0.3) is 22.3 Å². The van der Waals surface area contributed by atoms with Crippen molar-refractivity contribution in [3.05, 3.63) is 80.7 Å². The number of aryl methyl sites for hydroxylation is 2. The third-order valence-corrected chi connectivity index (χ3v) is 6.30. The third kappa shape index (κ3) is 4.73. The van der Waals surface area contributed by atoms with E-state index in [0.29, 0.717) is 30.8 Å². The number of likely N-dealkylation sites (tertiary alicyclic amines) is 1. The molecule has 2 aromatic carbocycles. The number of rotatable bonds is 4. The van der Waals surface area contributed by atoms with Crippen LogP contribution in [0.2, 0.25) is 5.02 Å². The molecule has 2 heterocycles. The van der Waals surface area contributed by atoms with Crippen LogP contribution in [0.1, 0.15) is 29.8 Å². The maximum atomic E-state index is 13.6. The predicted octanol–water partition coefficient (Wildman–Crippen LogP) is 6.21. The van der Waals surface area contributed by atoms with E-state index >= 15 is 0 Å². The lowest BCUT2D eigenvalue weighted by atomic mass is 9.98. The predicted molar refractivity (Wildman–Crippen MR) is 122 cm³/mol. The Morgan fingerprint density at radius 2 is 1.55 bits per heavy atom. The minimum absolute atomic E-state index is 0.0153. The highest BCUT2D eigenvalue weighted by Crippen LogP contribution is 2.29. The second kappa shape index (κ2) is 8.56. The van der Waals surface area contributed by atoms with E-state index in [4.69, 9.17) is 11.6 Å². The molecule has 1 aliphatic heterocycles. The summed E-state index contributed by atoms with van der Waals surface area (Å²) >= 11 is 6.14. The van der Waals surface area contributed by atoms with Crippen LogP contribution in [0.3, 0.4) is 0 Å². The largest absolute Gasteiger partial charge is 0.361 e. The minimum Gasteiger partial charge on any atom is -0.361 e. The van der Waals surface area contributed by atoms with E-state index in [1.807, 2.05) is 60.4 Å². The first kappa shape index (κ1) is 21.7. The highest BCUT2D eigenvalue weighted by atomic mass is 35.5. The van der Waals surface area contributed by atoms with E-state index in [0.717, 1.165) is 27.9 Å². The van der Waals surface area contributed by atoms with Gasteiger partial charge in [-0.05, 0) is 49.1 Å². The normalized spacial score (nSPS) is 16.4. The Hall–Kier alpha value is -2.50. The summed E-state index contributed by atoms with van der Waals surface area (Å²) < 4.78 is 27.2. The molecule has 0 unspecified atom stereocenters. The van der Waals surface area contributed by atoms with Gasteiger partial charge in [0, 0.05) is 29.9 Å². The maximum absolute atomic E-state index is 13.6. The van der Waals surface area contributed by atoms with Crippen LogP contribution in [-0.2, 0) is 6.54 Å². The number of piperidine rings is 1. The molecule has 162 valence electrons. The van der Waals surface area contributed by atoms with Crippen LogP contribution in [0.15, 0.2) is 53.3 Å². The average Bonchev–Trinajstić information content (AvgIpc) is 2.73. The van der Waals surface area contributed by atoms with Gasteiger partial charge in [-0.3, -0.25) is 9.69 Å². The first-order chi connectivity index (χ1) is 14.7. The van der Waals surface area contributed by atoms with Gasteiger partial charge in [-0.25, -0.2) is 8.78 Å². The molecule has 1 aromatic heterocycles. The maximum Gasteiger partial charge on any atom is 0.260 e. The Morgan fingerprint density at radius 3 is 2.16 bits per heavy atom. The number of nitrogens with zero attached hydrogens (tertiary/aromatic N) is 1. The van der Waals surface area contributed by atoms with Gasteiger partial charge in [0.25, 0.3) is 5.92 Å². The zero-order valence-electron chi connectivity index (χ0n) is 17.6. The van der Waals surface area contributed by atoms with Crippen molar-refractivity contribution in [2.75, 3.05) is 13.1 Å². The van der Waals surface area contributed by atoms with Crippen molar-refractivity contribution >= 4 is 11.6 Å². The summed E-state index contributed by atoms with van der Waals surface area (Å²) in [6.45, 7) is 4.72. The Bertz CT molecular complexity index is 1140. The summed E-state index contributed by atoms with van der Waals surface area (Å²) in [7, 11) is 0. The van der Waals surface area contributed by atoms with Crippen molar-refractivity contribution in [2.45, 2.75) is 39.2 Å². The lowest BCUT2D eigenvalue weighted by Gasteiger charge is -2.32. The Morgan fingerprint density at radius 1 is 0.968 bits per heavy atom. The van der Waals surface area contributed by atoms with Gasteiger partial charge in [-0.1, -0.05) is 60.1 Å². The molecule has 6 heteroatoms. The molecule has 1 N–H and O–H groups in total. The average molecular weight is 443 g/mol. The number of hydrogen-bond donors (Lipinski definition) is 1. The SMILES string of the molecule is Cc1[nH]c(C)c(-c2ccc(-c3ccc(CN4CCCC(F)(F)C4)cc3)cc2)c(=O)c1Cl. The van der Waals surface area contributed by atoms with E-state index in [1.165, 1.54) is 0 Å². The fourth-order valence-electron chi connectivity index (χ4n) is 4.27. The second-order valence-electron chi connectivity index (χ2n) is 8.34. The van der Waals surface area contributed by atoms with Crippen molar-refractivity contribution in [1.82, 2.24) is 9.88 Å². The highest BCUT2D eigenvalue weighted by molar-refractivity contribution is 6.31. The van der Waals surface area contributed by atoms with Gasteiger partial charge in [0.15, 0.2) is 0 Å². The molecule has 0 radical (unpaired) electrons. The lowest BCUT2D eigenvalue weighted by molar-refractivity contribution is -0.0661.